The summed E-state index contributed by atoms with van der Waals surface area (Å²) in [5, 5.41) is 2.13. The first-order chi connectivity index (χ1) is 9.15. The Bertz CT molecular complexity index is 507. The van der Waals surface area contributed by atoms with Crippen LogP contribution in [0, 0.1) is 0 Å². The number of rotatable bonds is 5. The Balaban J connectivity index is 2.31. The van der Waals surface area contributed by atoms with Gasteiger partial charge in [0, 0.05) is 23.7 Å². The van der Waals surface area contributed by atoms with Gasteiger partial charge in [0.2, 0.25) is 0 Å². The van der Waals surface area contributed by atoms with Crippen LogP contribution in [0.4, 0.5) is 5.69 Å². The van der Waals surface area contributed by atoms with Crippen molar-refractivity contribution in [3.8, 4) is 0 Å². The molecule has 0 saturated carbocycles. The van der Waals surface area contributed by atoms with Crippen LogP contribution >= 0.6 is 11.3 Å². The molecule has 102 valence electrons. The predicted octanol–water partition coefficient (Wildman–Crippen LogP) is 4.36. The first kappa shape index (κ1) is 14.1. The normalized spacial score (nSPS) is 14.1. The van der Waals surface area contributed by atoms with E-state index in [2.05, 4.69) is 67.6 Å². The summed E-state index contributed by atoms with van der Waals surface area (Å²) >= 11 is 1.80. The van der Waals surface area contributed by atoms with Gasteiger partial charge in [0.15, 0.2) is 0 Å². The highest BCUT2D eigenvalue weighted by Gasteiger charge is 2.17. The summed E-state index contributed by atoms with van der Waals surface area (Å²) in [5.74, 6) is 0. The van der Waals surface area contributed by atoms with Gasteiger partial charge < -0.3 is 10.6 Å². The third kappa shape index (κ3) is 2.99. The van der Waals surface area contributed by atoms with Gasteiger partial charge in [0.25, 0.3) is 0 Å². The van der Waals surface area contributed by atoms with E-state index in [1.807, 2.05) is 0 Å². The molecule has 1 aromatic carbocycles. The van der Waals surface area contributed by atoms with Crippen LogP contribution in [0.5, 0.6) is 0 Å². The summed E-state index contributed by atoms with van der Waals surface area (Å²) in [6.45, 7) is 4.37. The minimum Gasteiger partial charge on any atom is -0.367 e. The number of anilines is 1. The van der Waals surface area contributed by atoms with Gasteiger partial charge in [-0.15, -0.1) is 11.3 Å². The van der Waals surface area contributed by atoms with Crippen LogP contribution in [0.1, 0.15) is 42.8 Å². The van der Waals surface area contributed by atoms with Crippen LogP contribution in [-0.2, 0) is 0 Å². The summed E-state index contributed by atoms with van der Waals surface area (Å²) < 4.78 is 0. The summed E-state index contributed by atoms with van der Waals surface area (Å²) in [4.78, 5) is 3.69. The quantitative estimate of drug-likeness (QED) is 0.878. The Hall–Kier alpha value is -1.32. The molecule has 2 rings (SSSR count). The molecule has 0 amide bonds. The third-order valence-electron chi connectivity index (χ3n) is 3.69. The molecular formula is C16H22N2S. The fourth-order valence-electron chi connectivity index (χ4n) is 2.27. The molecule has 2 atom stereocenters. The van der Waals surface area contributed by atoms with Gasteiger partial charge in [0.05, 0.1) is 6.04 Å². The molecule has 0 aliphatic heterocycles. The number of thiophene rings is 1. The smallest absolute Gasteiger partial charge is 0.0603 e. The van der Waals surface area contributed by atoms with Gasteiger partial charge in [-0.1, -0.05) is 31.2 Å². The molecule has 0 radical (unpaired) electrons. The van der Waals surface area contributed by atoms with Crippen molar-refractivity contribution in [3.63, 3.8) is 0 Å². The second kappa shape index (κ2) is 6.22. The molecule has 1 aromatic heterocycles. The number of hydrogen-bond donors (Lipinski definition) is 1. The van der Waals surface area contributed by atoms with Crippen molar-refractivity contribution in [2.24, 2.45) is 5.73 Å². The molecule has 0 fully saturated rings. The predicted molar refractivity (Wildman–Crippen MR) is 84.8 cm³/mol. The molecule has 1 unspecified atom stereocenters. The first-order valence-electron chi connectivity index (χ1n) is 6.75. The Kier molecular flexibility index (Phi) is 4.61. The molecule has 3 heteroatoms. The second-order valence-corrected chi connectivity index (χ2v) is 5.86. The number of para-hydroxylation sites is 1. The Labute approximate surface area is 119 Å². The number of benzene rings is 1. The first-order valence-corrected chi connectivity index (χ1v) is 7.63. The SMILES string of the molecule is CC[C@H](N)c1ccccc1N(C)C(C)c1cccs1. The van der Waals surface area contributed by atoms with Crippen LogP contribution in [0.15, 0.2) is 41.8 Å². The molecule has 2 nitrogen and oxygen atoms in total. The molecule has 0 aliphatic rings. The van der Waals surface area contributed by atoms with E-state index in [1.54, 1.807) is 11.3 Å². The molecule has 2 aromatic rings. The largest absolute Gasteiger partial charge is 0.367 e. The van der Waals surface area contributed by atoms with E-state index in [-0.39, 0.29) is 6.04 Å². The average molecular weight is 274 g/mol. The van der Waals surface area contributed by atoms with Gasteiger partial charge in [-0.3, -0.25) is 0 Å². The maximum absolute atomic E-state index is 6.23. The van der Waals surface area contributed by atoms with E-state index in [9.17, 15) is 0 Å². The number of nitrogens with two attached hydrogens (primary N) is 1. The van der Waals surface area contributed by atoms with E-state index >= 15 is 0 Å². The van der Waals surface area contributed by atoms with Crippen LogP contribution < -0.4 is 10.6 Å². The maximum atomic E-state index is 6.23. The molecule has 0 spiro atoms. The second-order valence-electron chi connectivity index (χ2n) is 4.88. The maximum Gasteiger partial charge on any atom is 0.0603 e. The van der Waals surface area contributed by atoms with E-state index < -0.39 is 0 Å². The molecule has 1 heterocycles. The van der Waals surface area contributed by atoms with Crippen molar-refractivity contribution in [1.29, 1.82) is 0 Å². The monoisotopic (exact) mass is 274 g/mol. The van der Waals surface area contributed by atoms with Crippen molar-refractivity contribution in [2.45, 2.75) is 32.4 Å². The van der Waals surface area contributed by atoms with Gasteiger partial charge in [-0.25, -0.2) is 0 Å². The Morgan fingerprint density at radius 2 is 1.95 bits per heavy atom. The van der Waals surface area contributed by atoms with E-state index in [4.69, 9.17) is 5.73 Å². The van der Waals surface area contributed by atoms with Gasteiger partial charge in [-0.05, 0) is 36.4 Å². The van der Waals surface area contributed by atoms with Gasteiger partial charge in [0.1, 0.15) is 0 Å². The summed E-state index contributed by atoms with van der Waals surface area (Å²) in [5.41, 5.74) is 8.69. The summed E-state index contributed by atoms with van der Waals surface area (Å²) in [6.07, 6.45) is 0.957. The van der Waals surface area contributed by atoms with Crippen LogP contribution in [-0.4, -0.2) is 7.05 Å². The lowest BCUT2D eigenvalue weighted by Gasteiger charge is -2.29. The lowest BCUT2D eigenvalue weighted by molar-refractivity contribution is 0.682. The van der Waals surface area contributed by atoms with E-state index in [1.165, 1.54) is 16.1 Å². The highest BCUT2D eigenvalue weighted by Crippen LogP contribution is 2.32. The minimum atomic E-state index is 0.106. The molecule has 0 bridgehead atoms. The molecule has 2 N–H and O–H groups in total. The third-order valence-corrected chi connectivity index (χ3v) is 4.73. The van der Waals surface area contributed by atoms with Crippen molar-refractivity contribution in [3.05, 3.63) is 52.2 Å². The van der Waals surface area contributed by atoms with Crippen LogP contribution in [0.3, 0.4) is 0 Å². The van der Waals surface area contributed by atoms with Crippen LogP contribution in [0.2, 0.25) is 0 Å². The Morgan fingerprint density at radius 1 is 1.21 bits per heavy atom. The van der Waals surface area contributed by atoms with Gasteiger partial charge in [-0.2, -0.15) is 0 Å². The molecule has 0 saturated heterocycles. The zero-order chi connectivity index (χ0) is 13.8. The highest BCUT2D eigenvalue weighted by atomic mass is 32.1. The van der Waals surface area contributed by atoms with E-state index in [0.29, 0.717) is 6.04 Å². The number of hydrogen-bond acceptors (Lipinski definition) is 3. The fraction of sp³-hybridized carbons (Fsp3) is 0.375. The van der Waals surface area contributed by atoms with Crippen LogP contribution in [0.25, 0.3) is 0 Å². The lowest BCUT2D eigenvalue weighted by Crippen LogP contribution is -2.24. The topological polar surface area (TPSA) is 29.3 Å². The zero-order valence-corrected chi connectivity index (χ0v) is 12.7. The molecule has 19 heavy (non-hydrogen) atoms. The van der Waals surface area contributed by atoms with E-state index in [0.717, 1.165) is 6.42 Å². The summed E-state index contributed by atoms with van der Waals surface area (Å²) in [7, 11) is 2.14. The summed E-state index contributed by atoms with van der Waals surface area (Å²) in [6, 6.07) is 13.2. The standard InChI is InChI=1S/C16H22N2S/c1-4-14(17)13-8-5-6-9-15(13)18(3)12(2)16-10-7-11-19-16/h5-12,14H,4,17H2,1-3H3/t12?,14-/m0/s1. The van der Waals surface area contributed by atoms with Crippen molar-refractivity contribution in [1.82, 2.24) is 0 Å². The minimum absolute atomic E-state index is 0.106. The number of nitrogens with zero attached hydrogens (tertiary/aromatic N) is 1. The van der Waals surface area contributed by atoms with Crippen molar-refractivity contribution in [2.75, 3.05) is 11.9 Å². The van der Waals surface area contributed by atoms with Crippen molar-refractivity contribution < 1.29 is 0 Å². The van der Waals surface area contributed by atoms with Gasteiger partial charge >= 0.3 is 0 Å². The average Bonchev–Trinajstić information content (AvgIpc) is 2.99. The van der Waals surface area contributed by atoms with Crippen molar-refractivity contribution >= 4 is 17.0 Å². The Morgan fingerprint density at radius 3 is 2.58 bits per heavy atom. The highest BCUT2D eigenvalue weighted by molar-refractivity contribution is 7.10. The fourth-order valence-corrected chi connectivity index (χ4v) is 3.10. The lowest BCUT2D eigenvalue weighted by atomic mass is 10.0. The molecular weight excluding hydrogens is 252 g/mol. The zero-order valence-electron chi connectivity index (χ0n) is 11.8. The molecule has 0 aliphatic carbocycles.